The number of allylic oxidation sites excluding steroid dienone is 1. The Bertz CT molecular complexity index is 452. The van der Waals surface area contributed by atoms with Gasteiger partial charge in [0.2, 0.25) is 5.69 Å². The van der Waals surface area contributed by atoms with Gasteiger partial charge in [0.05, 0.1) is 7.11 Å². The highest BCUT2D eigenvalue weighted by Gasteiger charge is 2.14. The second-order valence-corrected chi connectivity index (χ2v) is 2.63. The van der Waals surface area contributed by atoms with Crippen LogP contribution in [0.4, 0.5) is 11.5 Å². The molecule has 0 amide bonds. The van der Waals surface area contributed by atoms with Crippen molar-refractivity contribution in [2.75, 3.05) is 12.8 Å². The van der Waals surface area contributed by atoms with Gasteiger partial charge in [0.1, 0.15) is 0 Å². The molecule has 0 fully saturated rings. The number of nitrogen functional groups attached to an aromatic ring is 1. The van der Waals surface area contributed by atoms with Gasteiger partial charge in [0.25, 0.3) is 5.56 Å². The molecule has 1 aromatic heterocycles. The number of nitroso groups, excluding NO2 is 1. The zero-order valence-corrected chi connectivity index (χ0v) is 8.14. The van der Waals surface area contributed by atoms with Crippen molar-refractivity contribution < 1.29 is 4.74 Å². The molecule has 0 saturated carbocycles. The summed E-state index contributed by atoms with van der Waals surface area (Å²) >= 11 is 0. The van der Waals surface area contributed by atoms with Gasteiger partial charge in [0, 0.05) is 6.54 Å². The largest absolute Gasteiger partial charge is 0.468 e. The molecule has 1 heterocycles. The van der Waals surface area contributed by atoms with Crippen LogP contribution in [0.15, 0.2) is 22.6 Å². The minimum absolute atomic E-state index is 0.0183. The number of nitrogens with two attached hydrogens (primary N) is 1. The third-order valence-corrected chi connectivity index (χ3v) is 1.72. The summed E-state index contributed by atoms with van der Waals surface area (Å²) in [5, 5.41) is 2.53. The third kappa shape index (κ3) is 1.85. The molecule has 0 spiro atoms. The Morgan fingerprint density at radius 3 is 2.87 bits per heavy atom. The number of rotatable bonds is 4. The maximum atomic E-state index is 11.6. The van der Waals surface area contributed by atoms with Gasteiger partial charge in [-0.15, -0.1) is 11.5 Å². The van der Waals surface area contributed by atoms with Gasteiger partial charge in [-0.05, 0) is 5.18 Å². The van der Waals surface area contributed by atoms with E-state index in [1.807, 2.05) is 0 Å². The Morgan fingerprint density at radius 2 is 2.40 bits per heavy atom. The van der Waals surface area contributed by atoms with E-state index in [1.54, 1.807) is 0 Å². The molecule has 80 valence electrons. The van der Waals surface area contributed by atoms with Gasteiger partial charge in [-0.2, -0.15) is 4.98 Å². The lowest BCUT2D eigenvalue weighted by molar-refractivity contribution is 0.353. The molecule has 7 nitrogen and oxygen atoms in total. The highest BCUT2D eigenvalue weighted by molar-refractivity contribution is 5.56. The average molecular weight is 210 g/mol. The summed E-state index contributed by atoms with van der Waals surface area (Å²) in [6.07, 6.45) is 1.47. The van der Waals surface area contributed by atoms with Crippen LogP contribution < -0.4 is 16.0 Å². The Balaban J connectivity index is 3.52. The van der Waals surface area contributed by atoms with Crippen LogP contribution in [0.25, 0.3) is 0 Å². The third-order valence-electron chi connectivity index (χ3n) is 1.72. The van der Waals surface area contributed by atoms with Crippen LogP contribution in [0, 0.1) is 4.91 Å². The first-order chi connectivity index (χ1) is 7.15. The smallest absolute Gasteiger partial charge is 0.301 e. The van der Waals surface area contributed by atoms with Crippen molar-refractivity contribution in [2.24, 2.45) is 5.18 Å². The van der Waals surface area contributed by atoms with E-state index in [9.17, 15) is 9.70 Å². The lowest BCUT2D eigenvalue weighted by atomic mass is 10.4. The highest BCUT2D eigenvalue weighted by atomic mass is 16.5. The molecule has 2 N–H and O–H groups in total. The van der Waals surface area contributed by atoms with E-state index < -0.39 is 11.2 Å². The van der Waals surface area contributed by atoms with E-state index >= 15 is 0 Å². The van der Waals surface area contributed by atoms with E-state index in [2.05, 4.69) is 16.7 Å². The van der Waals surface area contributed by atoms with Crippen LogP contribution in [-0.4, -0.2) is 16.7 Å². The van der Waals surface area contributed by atoms with Gasteiger partial charge in [-0.3, -0.25) is 9.36 Å². The number of methoxy groups -OCH3 is 1. The molecule has 0 radical (unpaired) electrons. The predicted octanol–water partition coefficient (Wildman–Crippen LogP) is 0.418. The van der Waals surface area contributed by atoms with Crippen molar-refractivity contribution in [2.45, 2.75) is 6.54 Å². The van der Waals surface area contributed by atoms with Crippen molar-refractivity contribution in [1.82, 2.24) is 9.55 Å². The molecule has 0 aliphatic carbocycles. The number of aromatic nitrogens is 2. The fourth-order valence-electron chi connectivity index (χ4n) is 1.07. The average Bonchev–Trinajstić information content (AvgIpc) is 2.22. The number of hydrogen-bond acceptors (Lipinski definition) is 6. The molecule has 1 rings (SSSR count). The van der Waals surface area contributed by atoms with Crippen LogP contribution >= 0.6 is 0 Å². The molecule has 0 aliphatic heterocycles. The summed E-state index contributed by atoms with van der Waals surface area (Å²) in [4.78, 5) is 25.7. The lowest BCUT2D eigenvalue weighted by Gasteiger charge is -2.09. The maximum absolute atomic E-state index is 11.6. The zero-order valence-electron chi connectivity index (χ0n) is 8.14. The minimum atomic E-state index is -0.644. The standard InChI is InChI=1S/C8H10N4O3/c1-3-4-12-7(13)5(11-14)6(9)10-8(12)15-2/h3H,1,4,9H2,2H3. The molecular weight excluding hydrogens is 200 g/mol. The van der Waals surface area contributed by atoms with E-state index in [0.29, 0.717) is 0 Å². The van der Waals surface area contributed by atoms with Crippen LogP contribution in [0.3, 0.4) is 0 Å². The van der Waals surface area contributed by atoms with Gasteiger partial charge in [-0.1, -0.05) is 6.08 Å². The fraction of sp³-hybridized carbons (Fsp3) is 0.250. The van der Waals surface area contributed by atoms with Gasteiger partial charge in [0.15, 0.2) is 5.82 Å². The Morgan fingerprint density at radius 1 is 1.73 bits per heavy atom. The molecule has 0 atom stereocenters. The highest BCUT2D eigenvalue weighted by Crippen LogP contribution is 2.17. The van der Waals surface area contributed by atoms with E-state index in [0.717, 1.165) is 4.57 Å². The topological polar surface area (TPSA) is 99.6 Å². The van der Waals surface area contributed by atoms with Crippen LogP contribution in [0.5, 0.6) is 6.01 Å². The molecule has 0 bridgehead atoms. The molecule has 7 heteroatoms. The number of anilines is 1. The van der Waals surface area contributed by atoms with Crippen LogP contribution in [-0.2, 0) is 6.54 Å². The Kier molecular flexibility index (Phi) is 3.17. The second-order valence-electron chi connectivity index (χ2n) is 2.63. The van der Waals surface area contributed by atoms with Crippen molar-refractivity contribution >= 4 is 11.5 Å². The minimum Gasteiger partial charge on any atom is -0.468 e. The molecule has 0 unspecified atom stereocenters. The van der Waals surface area contributed by atoms with Gasteiger partial charge < -0.3 is 10.5 Å². The van der Waals surface area contributed by atoms with Gasteiger partial charge >= 0.3 is 6.01 Å². The Hall–Kier alpha value is -2.18. The maximum Gasteiger partial charge on any atom is 0.301 e. The molecule has 0 aromatic carbocycles. The molecule has 0 saturated heterocycles. The number of nitrogens with zero attached hydrogens (tertiary/aromatic N) is 3. The first kappa shape index (κ1) is 10.9. The predicted molar refractivity (Wildman–Crippen MR) is 55.1 cm³/mol. The van der Waals surface area contributed by atoms with Gasteiger partial charge in [-0.25, -0.2) is 0 Å². The zero-order chi connectivity index (χ0) is 11.4. The molecule has 0 aliphatic rings. The SMILES string of the molecule is C=CCn1c(OC)nc(N)c(N=O)c1=O. The summed E-state index contributed by atoms with van der Waals surface area (Å²) in [5.74, 6) is -0.243. The number of hydrogen-bond donors (Lipinski definition) is 1. The first-order valence-corrected chi connectivity index (χ1v) is 4.04. The Labute approximate surface area is 85.2 Å². The normalized spacial score (nSPS) is 9.67. The summed E-state index contributed by atoms with van der Waals surface area (Å²) in [5.41, 5.74) is 4.29. The number of ether oxygens (including phenoxy) is 1. The lowest BCUT2D eigenvalue weighted by Crippen LogP contribution is -2.23. The van der Waals surface area contributed by atoms with Crippen molar-refractivity contribution in [3.8, 4) is 6.01 Å². The van der Waals surface area contributed by atoms with Crippen molar-refractivity contribution in [3.05, 3.63) is 27.9 Å². The summed E-state index contributed by atoms with van der Waals surface area (Å²) < 4.78 is 5.95. The summed E-state index contributed by atoms with van der Waals surface area (Å²) in [6.45, 7) is 3.63. The van der Waals surface area contributed by atoms with E-state index in [4.69, 9.17) is 10.5 Å². The van der Waals surface area contributed by atoms with Crippen LogP contribution in [0.2, 0.25) is 0 Å². The quantitative estimate of drug-likeness (QED) is 0.573. The first-order valence-electron chi connectivity index (χ1n) is 4.04. The molecule has 15 heavy (non-hydrogen) atoms. The molecular formula is C8H10N4O3. The van der Waals surface area contributed by atoms with Crippen molar-refractivity contribution in [3.63, 3.8) is 0 Å². The fourth-order valence-corrected chi connectivity index (χ4v) is 1.07. The van der Waals surface area contributed by atoms with Crippen molar-refractivity contribution in [1.29, 1.82) is 0 Å². The van der Waals surface area contributed by atoms with E-state index in [1.165, 1.54) is 13.2 Å². The monoisotopic (exact) mass is 210 g/mol. The summed E-state index contributed by atoms with van der Waals surface area (Å²) in [6, 6.07) is 0.0183. The molecule has 1 aromatic rings. The van der Waals surface area contributed by atoms with Crippen LogP contribution in [0.1, 0.15) is 0 Å². The summed E-state index contributed by atoms with van der Waals surface area (Å²) in [7, 11) is 1.34. The second kappa shape index (κ2) is 4.36. The van der Waals surface area contributed by atoms with E-state index in [-0.39, 0.29) is 18.4 Å².